The van der Waals surface area contributed by atoms with Crippen molar-refractivity contribution >= 4 is 11.8 Å². The Morgan fingerprint density at radius 3 is 2.72 bits per heavy atom. The normalized spacial score (nSPS) is 20.6. The number of nitrogens with zero attached hydrogens (tertiary/aromatic N) is 3. The Morgan fingerprint density at radius 1 is 1.31 bits per heavy atom. The molecule has 1 aliphatic carbocycles. The summed E-state index contributed by atoms with van der Waals surface area (Å²) in [5.74, 6) is 5.41. The van der Waals surface area contributed by atoms with Gasteiger partial charge in [0.2, 0.25) is 11.8 Å². The van der Waals surface area contributed by atoms with Crippen LogP contribution in [0.2, 0.25) is 0 Å². The van der Waals surface area contributed by atoms with Crippen LogP contribution in [0.15, 0.2) is 36.5 Å². The second-order valence-corrected chi connectivity index (χ2v) is 9.81. The first-order chi connectivity index (χ1) is 17.3. The van der Waals surface area contributed by atoms with E-state index in [9.17, 15) is 19.1 Å². The number of carbonyl (C=O) groups is 2. The number of aromatic nitrogens is 1. The van der Waals surface area contributed by atoms with Crippen LogP contribution in [0.5, 0.6) is 5.88 Å². The maximum Gasteiger partial charge on any atom is 0.259 e. The van der Waals surface area contributed by atoms with E-state index in [-0.39, 0.29) is 47.5 Å². The van der Waals surface area contributed by atoms with Gasteiger partial charge in [-0.25, -0.2) is 9.37 Å². The molecule has 3 atom stereocenters. The Kier molecular flexibility index (Phi) is 7.90. The third-order valence-electron chi connectivity index (χ3n) is 6.98. The molecule has 0 spiro atoms. The van der Waals surface area contributed by atoms with Crippen LogP contribution < -0.4 is 4.74 Å². The molecule has 0 bridgehead atoms. The van der Waals surface area contributed by atoms with Crippen molar-refractivity contribution in [3.05, 3.63) is 59.0 Å². The molecule has 2 aromatic rings. The van der Waals surface area contributed by atoms with E-state index in [2.05, 4.69) is 16.8 Å². The van der Waals surface area contributed by atoms with Gasteiger partial charge >= 0.3 is 0 Å². The second-order valence-electron chi connectivity index (χ2n) is 9.81. The van der Waals surface area contributed by atoms with Crippen molar-refractivity contribution in [1.29, 1.82) is 0 Å². The summed E-state index contributed by atoms with van der Waals surface area (Å²) in [6.07, 6.45) is 4.05. The van der Waals surface area contributed by atoms with Gasteiger partial charge in [0.15, 0.2) is 0 Å². The molecule has 1 aromatic heterocycles. The first kappa shape index (κ1) is 25.6. The molecule has 2 heterocycles. The van der Waals surface area contributed by atoms with Crippen molar-refractivity contribution < 1.29 is 23.8 Å². The zero-order valence-electron chi connectivity index (χ0n) is 20.9. The quantitative estimate of drug-likeness (QED) is 0.648. The lowest BCUT2D eigenvalue weighted by Gasteiger charge is -2.38. The third-order valence-corrected chi connectivity index (χ3v) is 6.98. The summed E-state index contributed by atoms with van der Waals surface area (Å²) in [6.45, 7) is 4.30. The molecular formula is C28H32FN3O4. The van der Waals surface area contributed by atoms with Gasteiger partial charge in [-0.05, 0) is 44.0 Å². The highest BCUT2D eigenvalue weighted by atomic mass is 19.1. The van der Waals surface area contributed by atoms with E-state index in [0.717, 1.165) is 19.3 Å². The number of hydrogen-bond donors (Lipinski definition) is 1. The van der Waals surface area contributed by atoms with Gasteiger partial charge in [0.25, 0.3) is 5.91 Å². The second kappa shape index (κ2) is 11.1. The van der Waals surface area contributed by atoms with Crippen molar-refractivity contribution in [2.75, 3.05) is 26.7 Å². The van der Waals surface area contributed by atoms with Gasteiger partial charge in [-0.15, -0.1) is 0 Å². The summed E-state index contributed by atoms with van der Waals surface area (Å²) in [7, 11) is 1.79. The van der Waals surface area contributed by atoms with Crippen molar-refractivity contribution in [2.45, 2.75) is 45.3 Å². The minimum absolute atomic E-state index is 0.0796. The molecule has 2 amide bonds. The lowest BCUT2D eigenvalue weighted by Crippen LogP contribution is -2.51. The summed E-state index contributed by atoms with van der Waals surface area (Å²) in [4.78, 5) is 34.0. The molecule has 1 N–H and O–H groups in total. The van der Waals surface area contributed by atoms with E-state index in [4.69, 9.17) is 4.74 Å². The topological polar surface area (TPSA) is 83.0 Å². The van der Waals surface area contributed by atoms with E-state index >= 15 is 0 Å². The standard InChI is InChI=1S/C28H32FN3O4/c1-18-15-32(19(2)17-33)28(35)24-13-21(11-10-20-6-4-9-23(29)12-20)14-30-26(24)36-25(18)16-31(3)27(34)22-7-5-8-22/h4,6,9,12-14,18-19,22,25,33H,5,7-8,15-17H2,1-3H3/t18-,19+,25-/m1/s1. The lowest BCUT2D eigenvalue weighted by molar-refractivity contribution is -0.138. The average Bonchev–Trinajstić information content (AvgIpc) is 2.83. The van der Waals surface area contributed by atoms with E-state index in [0.29, 0.717) is 24.2 Å². The Labute approximate surface area is 211 Å². The van der Waals surface area contributed by atoms with E-state index in [1.165, 1.54) is 18.3 Å². The third kappa shape index (κ3) is 5.68. The van der Waals surface area contributed by atoms with Gasteiger partial charge in [0.1, 0.15) is 17.5 Å². The minimum Gasteiger partial charge on any atom is -0.472 e. The molecule has 4 rings (SSSR count). The van der Waals surface area contributed by atoms with Crippen LogP contribution in [0.3, 0.4) is 0 Å². The highest BCUT2D eigenvalue weighted by molar-refractivity contribution is 5.97. The van der Waals surface area contributed by atoms with Crippen LogP contribution in [-0.4, -0.2) is 70.6 Å². The van der Waals surface area contributed by atoms with Crippen molar-refractivity contribution in [3.63, 3.8) is 0 Å². The fourth-order valence-corrected chi connectivity index (χ4v) is 4.43. The summed E-state index contributed by atoms with van der Waals surface area (Å²) in [6, 6.07) is 7.16. The number of carbonyl (C=O) groups excluding carboxylic acids is 2. The molecule has 190 valence electrons. The van der Waals surface area contributed by atoms with Crippen molar-refractivity contribution in [1.82, 2.24) is 14.8 Å². The number of aliphatic hydroxyl groups is 1. The Hall–Kier alpha value is -3.44. The van der Waals surface area contributed by atoms with Crippen LogP contribution in [0.25, 0.3) is 0 Å². The van der Waals surface area contributed by atoms with Crippen LogP contribution in [-0.2, 0) is 4.79 Å². The molecule has 36 heavy (non-hydrogen) atoms. The Bertz CT molecular complexity index is 1190. The highest BCUT2D eigenvalue weighted by Crippen LogP contribution is 2.30. The number of benzene rings is 1. The molecule has 2 aliphatic rings. The number of aliphatic hydroxyl groups excluding tert-OH is 1. The predicted octanol–water partition coefficient (Wildman–Crippen LogP) is 3.10. The first-order valence-electron chi connectivity index (χ1n) is 12.4. The summed E-state index contributed by atoms with van der Waals surface area (Å²) in [5.41, 5.74) is 1.23. The highest BCUT2D eigenvalue weighted by Gasteiger charge is 2.36. The number of rotatable bonds is 5. The number of fused-ring (bicyclic) bond motifs is 1. The van der Waals surface area contributed by atoms with Crippen molar-refractivity contribution in [3.8, 4) is 17.7 Å². The van der Waals surface area contributed by atoms with E-state index in [1.807, 2.05) is 6.92 Å². The maximum absolute atomic E-state index is 13.5. The number of ether oxygens (including phenoxy) is 1. The monoisotopic (exact) mass is 493 g/mol. The van der Waals surface area contributed by atoms with Crippen LogP contribution in [0.1, 0.15) is 54.6 Å². The minimum atomic E-state index is -0.414. The smallest absolute Gasteiger partial charge is 0.259 e. The van der Waals surface area contributed by atoms with Gasteiger partial charge in [-0.2, -0.15) is 0 Å². The van der Waals surface area contributed by atoms with E-state index in [1.54, 1.807) is 42.0 Å². The largest absolute Gasteiger partial charge is 0.472 e. The molecule has 7 nitrogen and oxygen atoms in total. The van der Waals surface area contributed by atoms with E-state index < -0.39 is 12.1 Å². The zero-order chi connectivity index (χ0) is 25.8. The number of pyridine rings is 1. The van der Waals surface area contributed by atoms with Gasteiger partial charge in [0, 0.05) is 42.8 Å². The molecule has 8 heteroatoms. The average molecular weight is 494 g/mol. The molecular weight excluding hydrogens is 461 g/mol. The molecule has 1 aliphatic heterocycles. The Morgan fingerprint density at radius 2 is 2.06 bits per heavy atom. The summed E-state index contributed by atoms with van der Waals surface area (Å²) >= 11 is 0. The molecule has 0 radical (unpaired) electrons. The predicted molar refractivity (Wildman–Crippen MR) is 133 cm³/mol. The van der Waals surface area contributed by atoms with Crippen molar-refractivity contribution in [2.24, 2.45) is 11.8 Å². The molecule has 1 saturated carbocycles. The summed E-state index contributed by atoms with van der Waals surface area (Å²) < 4.78 is 19.7. The number of halogens is 1. The van der Waals surface area contributed by atoms with Gasteiger partial charge < -0.3 is 19.6 Å². The number of hydrogen-bond acceptors (Lipinski definition) is 5. The van der Waals surface area contributed by atoms with Crippen LogP contribution in [0, 0.1) is 29.5 Å². The van der Waals surface area contributed by atoms with Crippen LogP contribution in [0.4, 0.5) is 4.39 Å². The van der Waals surface area contributed by atoms with Gasteiger partial charge in [0.05, 0.1) is 19.2 Å². The summed E-state index contributed by atoms with van der Waals surface area (Å²) in [5, 5.41) is 9.82. The molecule has 0 saturated heterocycles. The van der Waals surface area contributed by atoms with Gasteiger partial charge in [-0.1, -0.05) is 31.3 Å². The molecule has 0 unspecified atom stereocenters. The SMILES string of the molecule is C[C@@H]1CN([C@@H](C)CO)C(=O)c2cc(C#Cc3cccc(F)c3)cnc2O[C@@H]1CN(C)C(=O)C1CCC1. The van der Waals surface area contributed by atoms with Crippen LogP contribution >= 0.6 is 0 Å². The first-order valence-corrected chi connectivity index (χ1v) is 12.4. The molecule has 1 fully saturated rings. The van der Waals surface area contributed by atoms with Gasteiger partial charge in [-0.3, -0.25) is 9.59 Å². The maximum atomic E-state index is 13.5. The fourth-order valence-electron chi connectivity index (χ4n) is 4.43. The zero-order valence-corrected chi connectivity index (χ0v) is 20.9. The Balaban J connectivity index is 1.64. The lowest BCUT2D eigenvalue weighted by atomic mass is 9.84. The number of likely N-dealkylation sites (N-methyl/N-ethyl adjacent to an activating group) is 1. The fraction of sp³-hybridized carbons (Fsp3) is 0.464. The number of amides is 2. The molecule has 1 aromatic carbocycles.